The molecule has 124 valence electrons. The SMILES string of the molecule is C[C@@H]1CN(Cc2ccccc2)C[C@H](c2nc(CN(C)C)no2)O1. The van der Waals surface area contributed by atoms with Crippen LogP contribution in [0.2, 0.25) is 0 Å². The highest BCUT2D eigenvalue weighted by Crippen LogP contribution is 2.25. The number of ether oxygens (including phenoxy) is 1. The topological polar surface area (TPSA) is 54.6 Å². The van der Waals surface area contributed by atoms with Gasteiger partial charge < -0.3 is 14.2 Å². The van der Waals surface area contributed by atoms with E-state index < -0.39 is 0 Å². The molecule has 0 spiro atoms. The lowest BCUT2D eigenvalue weighted by molar-refractivity contribution is -0.0930. The predicted octanol–water partition coefficient (Wildman–Crippen LogP) is 2.09. The van der Waals surface area contributed by atoms with Crippen molar-refractivity contribution in [2.24, 2.45) is 0 Å². The van der Waals surface area contributed by atoms with Gasteiger partial charge in [0.1, 0.15) is 6.10 Å². The molecule has 0 saturated carbocycles. The van der Waals surface area contributed by atoms with Gasteiger partial charge in [-0.1, -0.05) is 35.5 Å². The Labute approximate surface area is 137 Å². The molecule has 1 aromatic heterocycles. The van der Waals surface area contributed by atoms with Gasteiger partial charge in [0.05, 0.1) is 12.6 Å². The number of morpholine rings is 1. The number of hydrogen-bond acceptors (Lipinski definition) is 6. The van der Waals surface area contributed by atoms with Gasteiger partial charge in [-0.25, -0.2) is 0 Å². The lowest BCUT2D eigenvalue weighted by Gasteiger charge is -2.35. The van der Waals surface area contributed by atoms with Crippen LogP contribution in [-0.2, 0) is 17.8 Å². The maximum absolute atomic E-state index is 6.01. The summed E-state index contributed by atoms with van der Waals surface area (Å²) >= 11 is 0. The zero-order valence-electron chi connectivity index (χ0n) is 14.0. The molecule has 1 fully saturated rings. The van der Waals surface area contributed by atoms with Crippen molar-refractivity contribution in [2.75, 3.05) is 27.2 Å². The first-order valence-electron chi connectivity index (χ1n) is 7.99. The maximum atomic E-state index is 6.01. The van der Waals surface area contributed by atoms with Crippen molar-refractivity contribution in [1.82, 2.24) is 19.9 Å². The Bertz CT molecular complexity index is 614. The van der Waals surface area contributed by atoms with Crippen molar-refractivity contribution >= 4 is 0 Å². The monoisotopic (exact) mass is 316 g/mol. The Kier molecular flexibility index (Phi) is 5.05. The summed E-state index contributed by atoms with van der Waals surface area (Å²) < 4.78 is 11.4. The van der Waals surface area contributed by atoms with Crippen LogP contribution in [0.1, 0.15) is 30.3 Å². The molecule has 0 N–H and O–H groups in total. The smallest absolute Gasteiger partial charge is 0.257 e. The Balaban J connectivity index is 1.66. The van der Waals surface area contributed by atoms with Crippen molar-refractivity contribution < 1.29 is 9.26 Å². The molecule has 2 aromatic rings. The first-order chi connectivity index (χ1) is 11.1. The van der Waals surface area contributed by atoms with E-state index in [9.17, 15) is 0 Å². The molecule has 0 amide bonds. The minimum absolute atomic E-state index is 0.140. The minimum atomic E-state index is -0.161. The third-order valence-electron chi connectivity index (χ3n) is 3.80. The number of nitrogens with zero attached hydrogens (tertiary/aromatic N) is 4. The van der Waals surface area contributed by atoms with Crippen LogP contribution >= 0.6 is 0 Å². The Hall–Kier alpha value is -1.76. The fourth-order valence-corrected chi connectivity index (χ4v) is 2.89. The van der Waals surface area contributed by atoms with Gasteiger partial charge in [-0.2, -0.15) is 4.98 Å². The predicted molar refractivity (Wildman–Crippen MR) is 86.7 cm³/mol. The van der Waals surface area contributed by atoms with Gasteiger partial charge in [-0.15, -0.1) is 0 Å². The number of aromatic nitrogens is 2. The van der Waals surface area contributed by atoms with Gasteiger partial charge in [-0.05, 0) is 26.6 Å². The molecule has 0 aliphatic carbocycles. The molecule has 0 bridgehead atoms. The standard InChI is InChI=1S/C17H24N4O2/c1-13-9-21(10-14-7-5-4-6-8-14)11-15(22-13)17-18-16(19-23-17)12-20(2)3/h4-8,13,15H,9-12H2,1-3H3/t13-,15-/m1/s1. The Morgan fingerprint density at radius 2 is 2.00 bits per heavy atom. The molecule has 1 saturated heterocycles. The highest BCUT2D eigenvalue weighted by molar-refractivity contribution is 5.14. The summed E-state index contributed by atoms with van der Waals surface area (Å²) in [5.74, 6) is 1.27. The van der Waals surface area contributed by atoms with Gasteiger partial charge in [-0.3, -0.25) is 4.90 Å². The maximum Gasteiger partial charge on any atom is 0.257 e. The normalized spacial score (nSPS) is 22.6. The van der Waals surface area contributed by atoms with E-state index in [-0.39, 0.29) is 12.2 Å². The van der Waals surface area contributed by atoms with E-state index in [4.69, 9.17) is 9.26 Å². The van der Waals surface area contributed by atoms with E-state index in [0.29, 0.717) is 18.3 Å². The average molecular weight is 316 g/mol. The molecule has 2 atom stereocenters. The fraction of sp³-hybridized carbons (Fsp3) is 0.529. The van der Waals surface area contributed by atoms with Gasteiger partial charge >= 0.3 is 0 Å². The zero-order chi connectivity index (χ0) is 16.2. The summed E-state index contributed by atoms with van der Waals surface area (Å²) in [6.45, 7) is 5.33. The van der Waals surface area contributed by atoms with Crippen LogP contribution < -0.4 is 0 Å². The number of hydrogen-bond donors (Lipinski definition) is 0. The van der Waals surface area contributed by atoms with Crippen molar-refractivity contribution in [1.29, 1.82) is 0 Å². The molecule has 0 radical (unpaired) electrons. The van der Waals surface area contributed by atoms with E-state index in [0.717, 1.165) is 19.6 Å². The minimum Gasteiger partial charge on any atom is -0.363 e. The van der Waals surface area contributed by atoms with Crippen molar-refractivity contribution in [2.45, 2.75) is 32.2 Å². The van der Waals surface area contributed by atoms with Crippen LogP contribution in [0.4, 0.5) is 0 Å². The number of rotatable bonds is 5. The summed E-state index contributed by atoms with van der Waals surface area (Å²) in [6, 6.07) is 10.5. The highest BCUT2D eigenvalue weighted by atomic mass is 16.5. The quantitative estimate of drug-likeness (QED) is 0.842. The van der Waals surface area contributed by atoms with Gasteiger partial charge in [0.25, 0.3) is 5.89 Å². The van der Waals surface area contributed by atoms with E-state index in [1.54, 1.807) is 0 Å². The van der Waals surface area contributed by atoms with Crippen LogP contribution in [0, 0.1) is 0 Å². The van der Waals surface area contributed by atoms with Crippen molar-refractivity contribution in [3.05, 3.63) is 47.6 Å². The second-order valence-electron chi connectivity index (χ2n) is 6.40. The lowest BCUT2D eigenvalue weighted by atomic mass is 10.1. The first-order valence-corrected chi connectivity index (χ1v) is 7.99. The summed E-state index contributed by atoms with van der Waals surface area (Å²) in [4.78, 5) is 8.87. The first kappa shape index (κ1) is 16.1. The van der Waals surface area contributed by atoms with E-state index in [2.05, 4.69) is 46.2 Å². The summed E-state index contributed by atoms with van der Waals surface area (Å²) in [5, 5.41) is 4.04. The second kappa shape index (κ2) is 7.21. The number of benzene rings is 1. The molecule has 1 aliphatic rings. The third kappa shape index (κ3) is 4.37. The third-order valence-corrected chi connectivity index (χ3v) is 3.80. The van der Waals surface area contributed by atoms with Crippen LogP contribution in [0.25, 0.3) is 0 Å². The molecular formula is C17H24N4O2. The van der Waals surface area contributed by atoms with Crippen LogP contribution in [0.15, 0.2) is 34.9 Å². The molecule has 3 rings (SSSR count). The largest absolute Gasteiger partial charge is 0.363 e. The molecule has 1 aromatic carbocycles. The van der Waals surface area contributed by atoms with Crippen molar-refractivity contribution in [3.8, 4) is 0 Å². The van der Waals surface area contributed by atoms with Gasteiger partial charge in [0.15, 0.2) is 5.82 Å². The average Bonchev–Trinajstić information content (AvgIpc) is 2.95. The van der Waals surface area contributed by atoms with Gasteiger partial charge in [0, 0.05) is 19.6 Å². The summed E-state index contributed by atoms with van der Waals surface area (Å²) in [6.07, 6.45) is -0.0208. The van der Waals surface area contributed by atoms with E-state index in [1.165, 1.54) is 5.56 Å². The van der Waals surface area contributed by atoms with Crippen LogP contribution in [0.3, 0.4) is 0 Å². The molecule has 6 nitrogen and oxygen atoms in total. The Morgan fingerprint density at radius 3 is 2.74 bits per heavy atom. The molecule has 0 unspecified atom stereocenters. The highest BCUT2D eigenvalue weighted by Gasteiger charge is 2.30. The summed E-state index contributed by atoms with van der Waals surface area (Å²) in [7, 11) is 3.97. The fourth-order valence-electron chi connectivity index (χ4n) is 2.89. The van der Waals surface area contributed by atoms with E-state index >= 15 is 0 Å². The second-order valence-corrected chi connectivity index (χ2v) is 6.40. The van der Waals surface area contributed by atoms with Crippen LogP contribution in [-0.4, -0.2) is 53.2 Å². The van der Waals surface area contributed by atoms with Crippen LogP contribution in [0.5, 0.6) is 0 Å². The van der Waals surface area contributed by atoms with E-state index in [1.807, 2.05) is 25.1 Å². The summed E-state index contributed by atoms with van der Waals surface area (Å²) in [5.41, 5.74) is 1.30. The van der Waals surface area contributed by atoms with Crippen molar-refractivity contribution in [3.63, 3.8) is 0 Å². The Morgan fingerprint density at radius 1 is 1.22 bits per heavy atom. The molecule has 23 heavy (non-hydrogen) atoms. The molecule has 6 heteroatoms. The molecular weight excluding hydrogens is 292 g/mol. The molecule has 1 aliphatic heterocycles. The molecule has 2 heterocycles. The zero-order valence-corrected chi connectivity index (χ0v) is 14.0. The lowest BCUT2D eigenvalue weighted by Crippen LogP contribution is -2.42. The van der Waals surface area contributed by atoms with Gasteiger partial charge in [0.2, 0.25) is 0 Å².